The molecule has 1 aromatic carbocycles. The lowest BCUT2D eigenvalue weighted by Gasteiger charge is -2.23. The van der Waals surface area contributed by atoms with E-state index in [1.54, 1.807) is 29.5 Å². The van der Waals surface area contributed by atoms with Gasteiger partial charge in [0.25, 0.3) is 5.91 Å². The molecule has 4 nitrogen and oxygen atoms in total. The maximum absolute atomic E-state index is 12.4. The fraction of sp³-hybridized carbons (Fsp3) is 0.333. The van der Waals surface area contributed by atoms with E-state index in [0.29, 0.717) is 17.1 Å². The summed E-state index contributed by atoms with van der Waals surface area (Å²) in [5.74, 6) is -0.582. The summed E-state index contributed by atoms with van der Waals surface area (Å²) in [4.78, 5) is 27.3. The number of likely N-dealkylation sites (tertiary alicyclic amines) is 1. The highest BCUT2D eigenvalue weighted by Crippen LogP contribution is 2.34. The summed E-state index contributed by atoms with van der Waals surface area (Å²) in [6.45, 7) is 0.495. The Morgan fingerprint density at radius 2 is 2.08 bits per heavy atom. The van der Waals surface area contributed by atoms with Crippen molar-refractivity contribution < 1.29 is 14.3 Å². The molecule has 2 aromatic rings. The number of nitrogens with zero attached hydrogens (tertiary/aromatic N) is 1. The van der Waals surface area contributed by atoms with E-state index in [4.69, 9.17) is 16.3 Å². The van der Waals surface area contributed by atoms with Gasteiger partial charge in [-0.05, 0) is 35.9 Å². The predicted octanol–water partition coefficient (Wildman–Crippen LogP) is 3.85. The first-order valence-electron chi connectivity index (χ1n) is 7.87. The molecular formula is C18H18ClNO3S. The minimum atomic E-state index is -0.441. The van der Waals surface area contributed by atoms with E-state index < -0.39 is 5.97 Å². The SMILES string of the molecule is O=C(Cc1ccccc1Cl)OCC(=O)N1CCCC1c1cccs1. The van der Waals surface area contributed by atoms with Crippen LogP contribution >= 0.6 is 22.9 Å². The van der Waals surface area contributed by atoms with Crippen molar-refractivity contribution in [2.75, 3.05) is 13.2 Å². The molecule has 1 amide bonds. The molecule has 0 spiro atoms. The summed E-state index contributed by atoms with van der Waals surface area (Å²) in [5, 5.41) is 2.54. The van der Waals surface area contributed by atoms with Crippen LogP contribution in [0.15, 0.2) is 41.8 Å². The number of hydrogen-bond acceptors (Lipinski definition) is 4. The molecule has 6 heteroatoms. The molecular weight excluding hydrogens is 346 g/mol. The number of benzene rings is 1. The van der Waals surface area contributed by atoms with Crippen LogP contribution in [-0.2, 0) is 20.7 Å². The van der Waals surface area contributed by atoms with Crippen molar-refractivity contribution in [3.63, 3.8) is 0 Å². The Hall–Kier alpha value is -1.85. The first-order valence-corrected chi connectivity index (χ1v) is 9.13. The monoisotopic (exact) mass is 363 g/mol. The molecule has 0 aliphatic carbocycles. The first kappa shape index (κ1) is 17.0. The molecule has 3 rings (SSSR count). The fourth-order valence-corrected chi connectivity index (χ4v) is 3.99. The standard InChI is InChI=1S/C18H18ClNO3S/c19-14-6-2-1-5-13(14)11-18(22)23-12-17(21)20-9-3-7-15(20)16-8-4-10-24-16/h1-2,4-6,8,10,15H,3,7,9,11-12H2. The Morgan fingerprint density at radius 3 is 2.83 bits per heavy atom. The topological polar surface area (TPSA) is 46.6 Å². The zero-order valence-electron chi connectivity index (χ0n) is 13.1. The summed E-state index contributed by atoms with van der Waals surface area (Å²) in [6, 6.07) is 11.3. The molecule has 24 heavy (non-hydrogen) atoms. The number of amides is 1. The molecule has 0 saturated carbocycles. The van der Waals surface area contributed by atoms with Crippen molar-refractivity contribution in [2.24, 2.45) is 0 Å². The molecule has 0 radical (unpaired) electrons. The fourth-order valence-electron chi connectivity index (χ4n) is 2.92. The van der Waals surface area contributed by atoms with Gasteiger partial charge in [0.15, 0.2) is 6.61 Å². The van der Waals surface area contributed by atoms with Crippen LogP contribution in [-0.4, -0.2) is 29.9 Å². The van der Waals surface area contributed by atoms with Crippen LogP contribution in [0.25, 0.3) is 0 Å². The van der Waals surface area contributed by atoms with E-state index in [0.717, 1.165) is 12.8 Å². The highest BCUT2D eigenvalue weighted by Gasteiger charge is 2.30. The van der Waals surface area contributed by atoms with E-state index in [1.807, 2.05) is 28.5 Å². The highest BCUT2D eigenvalue weighted by molar-refractivity contribution is 7.10. The summed E-state index contributed by atoms with van der Waals surface area (Å²) < 4.78 is 5.16. The molecule has 1 atom stereocenters. The Bertz CT molecular complexity index is 717. The zero-order chi connectivity index (χ0) is 16.9. The second-order valence-corrected chi connectivity index (χ2v) is 7.08. The lowest BCUT2D eigenvalue weighted by atomic mass is 10.1. The molecule has 1 saturated heterocycles. The third kappa shape index (κ3) is 3.97. The number of thiophene rings is 1. The van der Waals surface area contributed by atoms with Gasteiger partial charge in [0, 0.05) is 16.4 Å². The van der Waals surface area contributed by atoms with Gasteiger partial charge in [-0.3, -0.25) is 9.59 Å². The number of ether oxygens (including phenoxy) is 1. The summed E-state index contributed by atoms with van der Waals surface area (Å²) in [5.41, 5.74) is 0.703. The minimum absolute atomic E-state index is 0.0707. The van der Waals surface area contributed by atoms with Crippen LogP contribution in [0.4, 0.5) is 0 Å². The van der Waals surface area contributed by atoms with Crippen LogP contribution in [0.5, 0.6) is 0 Å². The van der Waals surface area contributed by atoms with E-state index in [9.17, 15) is 9.59 Å². The number of rotatable bonds is 5. The molecule has 1 aliphatic rings. The van der Waals surface area contributed by atoms with Gasteiger partial charge in [0.2, 0.25) is 0 Å². The van der Waals surface area contributed by atoms with Gasteiger partial charge in [0.1, 0.15) is 0 Å². The molecule has 126 valence electrons. The maximum atomic E-state index is 12.4. The summed E-state index contributed by atoms with van der Waals surface area (Å²) >= 11 is 7.68. The van der Waals surface area contributed by atoms with Crippen LogP contribution in [0.1, 0.15) is 29.3 Å². The number of halogens is 1. The molecule has 0 bridgehead atoms. The largest absolute Gasteiger partial charge is 0.455 e. The molecule has 0 N–H and O–H groups in total. The Kier molecular flexibility index (Phi) is 5.53. The van der Waals surface area contributed by atoms with Gasteiger partial charge in [0.05, 0.1) is 12.5 Å². The average Bonchev–Trinajstić information content (AvgIpc) is 3.25. The van der Waals surface area contributed by atoms with Crippen LogP contribution < -0.4 is 0 Å². The Morgan fingerprint density at radius 1 is 1.25 bits per heavy atom. The normalized spacial score (nSPS) is 17.0. The summed E-state index contributed by atoms with van der Waals surface area (Å²) in [6.07, 6.45) is 2.00. The highest BCUT2D eigenvalue weighted by atomic mass is 35.5. The number of carbonyl (C=O) groups excluding carboxylic acids is 2. The van der Waals surface area contributed by atoms with E-state index >= 15 is 0 Å². The Balaban J connectivity index is 1.53. The van der Waals surface area contributed by atoms with Crippen LogP contribution in [0.2, 0.25) is 5.02 Å². The van der Waals surface area contributed by atoms with Crippen molar-refractivity contribution >= 4 is 34.8 Å². The van der Waals surface area contributed by atoms with Crippen LogP contribution in [0, 0.1) is 0 Å². The molecule has 1 aromatic heterocycles. The van der Waals surface area contributed by atoms with Gasteiger partial charge < -0.3 is 9.64 Å². The van der Waals surface area contributed by atoms with Crippen molar-refractivity contribution in [1.29, 1.82) is 0 Å². The van der Waals surface area contributed by atoms with E-state index in [-0.39, 0.29) is 25.0 Å². The second kappa shape index (κ2) is 7.81. The van der Waals surface area contributed by atoms with Crippen LogP contribution in [0.3, 0.4) is 0 Å². The molecule has 2 heterocycles. The number of esters is 1. The van der Waals surface area contributed by atoms with Gasteiger partial charge in [-0.25, -0.2) is 0 Å². The number of hydrogen-bond donors (Lipinski definition) is 0. The first-order chi connectivity index (χ1) is 11.6. The van der Waals surface area contributed by atoms with Crippen molar-refractivity contribution in [2.45, 2.75) is 25.3 Å². The van der Waals surface area contributed by atoms with Gasteiger partial charge in [-0.15, -0.1) is 11.3 Å². The van der Waals surface area contributed by atoms with Crippen molar-refractivity contribution in [3.8, 4) is 0 Å². The van der Waals surface area contributed by atoms with Crippen molar-refractivity contribution in [3.05, 3.63) is 57.2 Å². The lowest BCUT2D eigenvalue weighted by molar-refractivity contribution is -0.151. The minimum Gasteiger partial charge on any atom is -0.455 e. The quantitative estimate of drug-likeness (QED) is 0.758. The van der Waals surface area contributed by atoms with Gasteiger partial charge in [-0.2, -0.15) is 0 Å². The lowest BCUT2D eigenvalue weighted by Crippen LogP contribution is -2.34. The third-order valence-corrected chi connectivity index (χ3v) is 5.44. The Labute approximate surface area is 150 Å². The zero-order valence-corrected chi connectivity index (χ0v) is 14.7. The number of carbonyl (C=O) groups is 2. The maximum Gasteiger partial charge on any atom is 0.310 e. The van der Waals surface area contributed by atoms with E-state index in [1.165, 1.54) is 4.88 Å². The average molecular weight is 364 g/mol. The molecule has 1 aliphatic heterocycles. The van der Waals surface area contributed by atoms with Gasteiger partial charge in [-0.1, -0.05) is 35.9 Å². The van der Waals surface area contributed by atoms with Gasteiger partial charge >= 0.3 is 5.97 Å². The van der Waals surface area contributed by atoms with E-state index in [2.05, 4.69) is 0 Å². The summed E-state index contributed by atoms with van der Waals surface area (Å²) in [7, 11) is 0. The second-order valence-electron chi connectivity index (χ2n) is 5.69. The van der Waals surface area contributed by atoms with Crippen molar-refractivity contribution in [1.82, 2.24) is 4.90 Å². The molecule has 1 unspecified atom stereocenters. The third-order valence-electron chi connectivity index (χ3n) is 4.09. The molecule has 1 fully saturated rings. The smallest absolute Gasteiger partial charge is 0.310 e. The predicted molar refractivity (Wildman–Crippen MR) is 94.1 cm³/mol.